The molecule has 2 fully saturated rings. The van der Waals surface area contributed by atoms with Crippen LogP contribution in [0.1, 0.15) is 77.6 Å². The SMILES string of the molecule is CCOC(=O)c1c(C)[nH]c(C(=O)N2CCCC(C(=O)NCCCN3CCCCC3)C2)c1C. The van der Waals surface area contributed by atoms with Crippen LogP contribution in [0.15, 0.2) is 0 Å². The third kappa shape index (κ3) is 5.91. The van der Waals surface area contributed by atoms with Crippen molar-refractivity contribution < 1.29 is 19.1 Å². The molecule has 0 aliphatic carbocycles. The molecule has 8 nitrogen and oxygen atoms in total. The van der Waals surface area contributed by atoms with Gasteiger partial charge in [0.05, 0.1) is 18.1 Å². The summed E-state index contributed by atoms with van der Waals surface area (Å²) in [6.07, 6.45) is 6.42. The fourth-order valence-corrected chi connectivity index (χ4v) is 4.85. The van der Waals surface area contributed by atoms with Gasteiger partial charge in [0, 0.05) is 25.3 Å². The van der Waals surface area contributed by atoms with Gasteiger partial charge in [-0.3, -0.25) is 9.59 Å². The van der Waals surface area contributed by atoms with Crippen LogP contribution in [0.5, 0.6) is 0 Å². The highest BCUT2D eigenvalue weighted by molar-refractivity contribution is 6.00. The number of rotatable bonds is 8. The van der Waals surface area contributed by atoms with E-state index in [1.54, 1.807) is 25.7 Å². The molecule has 1 atom stereocenters. The third-order valence-corrected chi connectivity index (χ3v) is 6.61. The van der Waals surface area contributed by atoms with E-state index in [9.17, 15) is 14.4 Å². The molecule has 0 spiro atoms. The van der Waals surface area contributed by atoms with E-state index < -0.39 is 5.97 Å². The smallest absolute Gasteiger partial charge is 0.340 e. The van der Waals surface area contributed by atoms with Crippen molar-refractivity contribution in [2.45, 2.75) is 59.3 Å². The van der Waals surface area contributed by atoms with E-state index in [4.69, 9.17) is 4.74 Å². The van der Waals surface area contributed by atoms with Crippen LogP contribution < -0.4 is 5.32 Å². The van der Waals surface area contributed by atoms with Gasteiger partial charge in [-0.1, -0.05) is 6.42 Å². The van der Waals surface area contributed by atoms with Gasteiger partial charge in [0.2, 0.25) is 5.91 Å². The molecule has 2 amide bonds. The van der Waals surface area contributed by atoms with Gasteiger partial charge in [-0.25, -0.2) is 4.79 Å². The Kier molecular flexibility index (Phi) is 8.73. The summed E-state index contributed by atoms with van der Waals surface area (Å²) in [5.74, 6) is -0.738. The highest BCUT2D eigenvalue weighted by Gasteiger charge is 2.31. The standard InChI is InChI=1S/C24H38N4O4/c1-4-32-24(31)20-17(2)21(26-18(20)3)23(30)28-15-8-10-19(16-28)22(29)25-11-9-14-27-12-6-5-7-13-27/h19,26H,4-16H2,1-3H3,(H,25,29). The van der Waals surface area contributed by atoms with Crippen LogP contribution in [0.2, 0.25) is 0 Å². The summed E-state index contributed by atoms with van der Waals surface area (Å²) in [6, 6.07) is 0. The number of nitrogens with one attached hydrogen (secondary N) is 2. The maximum Gasteiger partial charge on any atom is 0.340 e. The lowest BCUT2D eigenvalue weighted by Crippen LogP contribution is -2.46. The molecule has 0 aromatic carbocycles. The van der Waals surface area contributed by atoms with Crippen LogP contribution in [-0.4, -0.2) is 78.4 Å². The molecule has 0 bridgehead atoms. The summed E-state index contributed by atoms with van der Waals surface area (Å²) in [4.78, 5) is 45.4. The first-order valence-electron chi connectivity index (χ1n) is 12.1. The Morgan fingerprint density at radius 3 is 2.56 bits per heavy atom. The monoisotopic (exact) mass is 446 g/mol. The highest BCUT2D eigenvalue weighted by Crippen LogP contribution is 2.24. The number of hydrogen-bond acceptors (Lipinski definition) is 5. The minimum atomic E-state index is -0.418. The molecular weight excluding hydrogens is 408 g/mol. The summed E-state index contributed by atoms with van der Waals surface area (Å²) >= 11 is 0. The van der Waals surface area contributed by atoms with Crippen LogP contribution in [-0.2, 0) is 9.53 Å². The van der Waals surface area contributed by atoms with Gasteiger partial charge in [-0.2, -0.15) is 0 Å². The van der Waals surface area contributed by atoms with Crippen molar-refractivity contribution in [1.82, 2.24) is 20.1 Å². The van der Waals surface area contributed by atoms with E-state index >= 15 is 0 Å². The van der Waals surface area contributed by atoms with Gasteiger partial charge < -0.3 is 24.8 Å². The summed E-state index contributed by atoms with van der Waals surface area (Å²) < 4.78 is 5.12. The van der Waals surface area contributed by atoms with Crippen molar-refractivity contribution in [1.29, 1.82) is 0 Å². The molecule has 0 radical (unpaired) electrons. The van der Waals surface area contributed by atoms with Gasteiger partial charge in [0.1, 0.15) is 5.69 Å². The van der Waals surface area contributed by atoms with Gasteiger partial charge in [0.15, 0.2) is 0 Å². The topological polar surface area (TPSA) is 94.7 Å². The molecule has 2 N–H and O–H groups in total. The van der Waals surface area contributed by atoms with Crippen LogP contribution in [0.4, 0.5) is 0 Å². The predicted octanol–water partition coefficient (Wildman–Crippen LogP) is 2.65. The van der Waals surface area contributed by atoms with Crippen LogP contribution in [0, 0.1) is 19.8 Å². The van der Waals surface area contributed by atoms with Gasteiger partial charge >= 0.3 is 5.97 Å². The summed E-state index contributed by atoms with van der Waals surface area (Å²) in [5, 5.41) is 3.07. The average Bonchev–Trinajstić information content (AvgIpc) is 3.10. The van der Waals surface area contributed by atoms with E-state index in [0.29, 0.717) is 42.1 Å². The van der Waals surface area contributed by atoms with Gasteiger partial charge in [0.25, 0.3) is 5.91 Å². The molecule has 8 heteroatoms. The fraction of sp³-hybridized carbons (Fsp3) is 0.708. The molecular formula is C24H38N4O4. The second-order valence-corrected chi connectivity index (χ2v) is 8.98. The highest BCUT2D eigenvalue weighted by atomic mass is 16.5. The molecule has 0 saturated carbocycles. The van der Waals surface area contributed by atoms with Crippen molar-refractivity contribution >= 4 is 17.8 Å². The number of piperidine rings is 2. The molecule has 178 valence electrons. The molecule has 2 aliphatic rings. The zero-order valence-electron chi connectivity index (χ0n) is 19.8. The number of aromatic amines is 1. The Bertz CT molecular complexity index is 813. The van der Waals surface area contributed by atoms with Crippen LogP contribution >= 0.6 is 0 Å². The lowest BCUT2D eigenvalue weighted by molar-refractivity contribution is -0.126. The van der Waals surface area contributed by atoms with Crippen molar-refractivity contribution in [3.05, 3.63) is 22.5 Å². The molecule has 2 saturated heterocycles. The largest absolute Gasteiger partial charge is 0.462 e. The number of likely N-dealkylation sites (tertiary alicyclic amines) is 2. The Labute approximate surface area is 191 Å². The number of carbonyl (C=O) groups excluding carboxylic acids is 3. The first kappa shape index (κ1) is 24.3. The first-order valence-corrected chi connectivity index (χ1v) is 12.1. The molecule has 1 aromatic heterocycles. The number of esters is 1. The minimum absolute atomic E-state index is 0.0349. The number of aryl methyl sites for hydroxylation is 1. The number of ether oxygens (including phenoxy) is 1. The summed E-state index contributed by atoms with van der Waals surface area (Å²) in [7, 11) is 0. The second kappa shape index (κ2) is 11.5. The normalized spacial score (nSPS) is 19.6. The van der Waals surface area contributed by atoms with Gasteiger partial charge in [-0.05, 0) is 78.1 Å². The molecule has 1 aromatic rings. The van der Waals surface area contributed by atoms with Gasteiger partial charge in [-0.15, -0.1) is 0 Å². The molecule has 3 rings (SSSR count). The Morgan fingerprint density at radius 1 is 1.09 bits per heavy atom. The molecule has 3 heterocycles. The molecule has 1 unspecified atom stereocenters. The van der Waals surface area contributed by atoms with Crippen molar-refractivity contribution in [2.24, 2.45) is 5.92 Å². The van der Waals surface area contributed by atoms with E-state index in [0.717, 1.165) is 25.8 Å². The quantitative estimate of drug-likeness (QED) is 0.473. The minimum Gasteiger partial charge on any atom is -0.462 e. The number of amides is 2. The maximum atomic E-state index is 13.2. The number of hydrogen-bond donors (Lipinski definition) is 2. The van der Waals surface area contributed by atoms with E-state index in [1.807, 2.05) is 0 Å². The maximum absolute atomic E-state index is 13.2. The molecule has 2 aliphatic heterocycles. The Hall–Kier alpha value is -2.35. The van der Waals surface area contributed by atoms with Crippen molar-refractivity contribution in [3.63, 3.8) is 0 Å². The van der Waals surface area contributed by atoms with Crippen molar-refractivity contribution in [2.75, 3.05) is 45.9 Å². The molecule has 32 heavy (non-hydrogen) atoms. The van der Waals surface area contributed by atoms with E-state index in [1.165, 1.54) is 32.4 Å². The first-order chi connectivity index (χ1) is 15.4. The summed E-state index contributed by atoms with van der Waals surface area (Å²) in [5.41, 5.74) is 2.07. The zero-order valence-corrected chi connectivity index (χ0v) is 19.8. The Morgan fingerprint density at radius 2 is 1.84 bits per heavy atom. The predicted molar refractivity (Wildman–Crippen MR) is 123 cm³/mol. The van der Waals surface area contributed by atoms with Crippen LogP contribution in [0.25, 0.3) is 0 Å². The number of carbonyl (C=O) groups is 3. The second-order valence-electron chi connectivity index (χ2n) is 8.98. The fourth-order valence-electron chi connectivity index (χ4n) is 4.85. The summed E-state index contributed by atoms with van der Waals surface area (Å²) in [6.45, 7) is 10.6. The van der Waals surface area contributed by atoms with E-state index in [2.05, 4.69) is 15.2 Å². The lowest BCUT2D eigenvalue weighted by Gasteiger charge is -2.32. The number of nitrogens with zero attached hydrogens (tertiary/aromatic N) is 2. The zero-order chi connectivity index (χ0) is 23.1. The number of aromatic nitrogens is 1. The van der Waals surface area contributed by atoms with Crippen LogP contribution in [0.3, 0.4) is 0 Å². The lowest BCUT2D eigenvalue weighted by atomic mass is 9.96. The number of H-pyrrole nitrogens is 1. The van der Waals surface area contributed by atoms with Crippen molar-refractivity contribution in [3.8, 4) is 0 Å². The van der Waals surface area contributed by atoms with E-state index in [-0.39, 0.29) is 24.3 Å². The third-order valence-electron chi connectivity index (χ3n) is 6.61. The average molecular weight is 447 g/mol. The Balaban J connectivity index is 1.52.